The molecule has 1 aromatic carbocycles. The molecule has 5 nitrogen and oxygen atoms in total. The second-order valence-electron chi connectivity index (χ2n) is 10.2. The molecule has 1 atom stereocenters. The summed E-state index contributed by atoms with van der Waals surface area (Å²) < 4.78 is 5.47. The zero-order valence-corrected chi connectivity index (χ0v) is 23.1. The Balaban J connectivity index is 2.09. The highest BCUT2D eigenvalue weighted by Gasteiger charge is 2.21. The van der Waals surface area contributed by atoms with Crippen molar-refractivity contribution >= 4 is 11.9 Å². The largest absolute Gasteiger partial charge is 0.459 e. The Bertz CT molecular complexity index is 650. The summed E-state index contributed by atoms with van der Waals surface area (Å²) in [6, 6.07) is 9.02. The van der Waals surface area contributed by atoms with Gasteiger partial charge in [-0.05, 0) is 37.8 Å². The van der Waals surface area contributed by atoms with Gasteiger partial charge in [-0.1, -0.05) is 127 Å². The highest BCUT2D eigenvalue weighted by molar-refractivity contribution is 5.84. The van der Waals surface area contributed by atoms with E-state index in [0.717, 1.165) is 31.2 Å². The normalized spacial score (nSPS) is 11.8. The fourth-order valence-electron chi connectivity index (χ4n) is 4.49. The van der Waals surface area contributed by atoms with E-state index in [1.54, 1.807) is 0 Å². The van der Waals surface area contributed by atoms with Crippen molar-refractivity contribution in [2.75, 3.05) is 6.54 Å². The smallest absolute Gasteiger partial charge is 0.328 e. The Kier molecular flexibility index (Phi) is 21.0. The molecule has 0 aliphatic rings. The van der Waals surface area contributed by atoms with Gasteiger partial charge in [0.2, 0.25) is 5.91 Å². The fourth-order valence-corrected chi connectivity index (χ4v) is 4.49. The summed E-state index contributed by atoms with van der Waals surface area (Å²) in [4.78, 5) is 25.0. The monoisotopic (exact) mass is 502 g/mol. The first-order chi connectivity index (χ1) is 17.7. The third-order valence-corrected chi connectivity index (χ3v) is 6.80. The zero-order chi connectivity index (χ0) is 26.1. The first kappa shape index (κ1) is 32.1. The Morgan fingerprint density at radius 3 is 1.81 bits per heavy atom. The van der Waals surface area contributed by atoms with Gasteiger partial charge in [0, 0.05) is 6.42 Å². The lowest BCUT2D eigenvalue weighted by Crippen LogP contribution is -2.41. The van der Waals surface area contributed by atoms with Crippen LogP contribution in [0.5, 0.6) is 0 Å². The summed E-state index contributed by atoms with van der Waals surface area (Å²) in [5, 5.41) is 2.91. The highest BCUT2D eigenvalue weighted by atomic mass is 16.5. The molecule has 0 unspecified atom stereocenters. The molecular weight excluding hydrogens is 448 g/mol. The van der Waals surface area contributed by atoms with Crippen molar-refractivity contribution in [3.63, 3.8) is 0 Å². The summed E-state index contributed by atoms with van der Waals surface area (Å²) in [6.45, 7) is 3.08. The Morgan fingerprint density at radius 1 is 0.750 bits per heavy atom. The van der Waals surface area contributed by atoms with Gasteiger partial charge >= 0.3 is 5.97 Å². The zero-order valence-electron chi connectivity index (χ0n) is 23.1. The molecule has 3 N–H and O–H groups in total. The predicted molar refractivity (Wildman–Crippen MR) is 151 cm³/mol. The van der Waals surface area contributed by atoms with Crippen molar-refractivity contribution in [1.82, 2.24) is 5.32 Å². The lowest BCUT2D eigenvalue weighted by Gasteiger charge is -2.18. The molecule has 5 heteroatoms. The standard InChI is InChI=1S/C31H54N2O3/c1-2-3-4-5-6-7-8-9-10-11-12-13-14-15-19-25-30(34)33-29(24-20-21-26-32)31(35)36-27-28-22-17-16-18-23-28/h16-18,22-23,29H,2-15,19-21,24-27,32H2,1H3,(H,33,34)/t29-/m0/s1. The predicted octanol–water partition coefficient (Wildman–Crippen LogP) is 7.61. The lowest BCUT2D eigenvalue weighted by molar-refractivity contribution is -0.149. The van der Waals surface area contributed by atoms with E-state index >= 15 is 0 Å². The van der Waals surface area contributed by atoms with Gasteiger partial charge in [0.1, 0.15) is 12.6 Å². The first-order valence-corrected chi connectivity index (χ1v) is 14.9. The van der Waals surface area contributed by atoms with Gasteiger partial charge < -0.3 is 15.8 Å². The van der Waals surface area contributed by atoms with E-state index in [2.05, 4.69) is 12.2 Å². The van der Waals surface area contributed by atoms with Crippen LogP contribution >= 0.6 is 0 Å². The summed E-state index contributed by atoms with van der Waals surface area (Å²) >= 11 is 0. The Hall–Kier alpha value is -1.88. The van der Waals surface area contributed by atoms with Crippen LogP contribution in [0.4, 0.5) is 0 Å². The van der Waals surface area contributed by atoms with Crippen LogP contribution in [0.3, 0.4) is 0 Å². The minimum atomic E-state index is -0.593. The molecule has 0 aliphatic heterocycles. The second kappa shape index (κ2) is 23.5. The number of amides is 1. The number of rotatable bonds is 24. The number of nitrogens with one attached hydrogen (secondary N) is 1. The maximum atomic E-state index is 12.6. The van der Waals surface area contributed by atoms with Crippen molar-refractivity contribution in [1.29, 1.82) is 0 Å². The number of carbonyl (C=O) groups excluding carboxylic acids is 2. The number of unbranched alkanes of at least 4 members (excludes halogenated alkanes) is 15. The van der Waals surface area contributed by atoms with Crippen LogP contribution in [-0.2, 0) is 20.9 Å². The van der Waals surface area contributed by atoms with Crippen molar-refractivity contribution < 1.29 is 14.3 Å². The van der Waals surface area contributed by atoms with Gasteiger partial charge in [0.25, 0.3) is 0 Å². The molecular formula is C31H54N2O3. The summed E-state index contributed by atoms with van der Waals surface area (Å²) in [5.74, 6) is -0.417. The number of nitrogens with two attached hydrogens (primary N) is 1. The topological polar surface area (TPSA) is 81.4 Å². The maximum Gasteiger partial charge on any atom is 0.328 e. The fraction of sp³-hybridized carbons (Fsp3) is 0.742. The number of carbonyl (C=O) groups is 2. The molecule has 0 fully saturated rings. The molecule has 0 heterocycles. The van der Waals surface area contributed by atoms with Crippen LogP contribution in [0.2, 0.25) is 0 Å². The molecule has 0 aliphatic carbocycles. The third kappa shape index (κ3) is 18.4. The summed E-state index contributed by atoms with van der Waals surface area (Å²) in [6.07, 6.45) is 22.2. The molecule has 0 bridgehead atoms. The van der Waals surface area contributed by atoms with Gasteiger partial charge in [0.15, 0.2) is 0 Å². The SMILES string of the molecule is CCCCCCCCCCCCCCCCCC(=O)N[C@@H](CCCCN)C(=O)OCc1ccccc1. The van der Waals surface area contributed by atoms with Crippen LogP contribution < -0.4 is 11.1 Å². The lowest BCUT2D eigenvalue weighted by atomic mass is 10.0. The average molecular weight is 503 g/mol. The molecule has 0 aromatic heterocycles. The number of hydrogen-bond donors (Lipinski definition) is 2. The molecule has 0 radical (unpaired) electrons. The van der Waals surface area contributed by atoms with Crippen LogP contribution in [0, 0.1) is 0 Å². The van der Waals surface area contributed by atoms with Crippen LogP contribution in [0.25, 0.3) is 0 Å². The molecule has 0 saturated heterocycles. The van der Waals surface area contributed by atoms with Gasteiger partial charge in [-0.3, -0.25) is 4.79 Å². The summed E-state index contributed by atoms with van der Waals surface area (Å²) in [7, 11) is 0. The van der Waals surface area contributed by atoms with Gasteiger partial charge in [-0.2, -0.15) is 0 Å². The molecule has 1 rings (SSSR count). The van der Waals surface area contributed by atoms with Gasteiger partial charge in [-0.25, -0.2) is 4.79 Å². The van der Waals surface area contributed by atoms with E-state index in [1.807, 2.05) is 30.3 Å². The third-order valence-electron chi connectivity index (χ3n) is 6.80. The minimum Gasteiger partial charge on any atom is -0.459 e. The number of ether oxygens (including phenoxy) is 1. The number of esters is 1. The molecule has 1 amide bonds. The van der Waals surface area contributed by atoms with Crippen LogP contribution in [0.15, 0.2) is 30.3 Å². The van der Waals surface area contributed by atoms with E-state index in [0.29, 0.717) is 19.4 Å². The summed E-state index contributed by atoms with van der Waals surface area (Å²) in [5.41, 5.74) is 6.53. The first-order valence-electron chi connectivity index (χ1n) is 14.9. The molecule has 36 heavy (non-hydrogen) atoms. The Labute approximate surface area is 221 Å². The molecule has 1 aromatic rings. The molecule has 206 valence electrons. The van der Waals surface area contributed by atoms with Crippen LogP contribution in [-0.4, -0.2) is 24.5 Å². The van der Waals surface area contributed by atoms with E-state index in [9.17, 15) is 9.59 Å². The Morgan fingerprint density at radius 2 is 1.28 bits per heavy atom. The van der Waals surface area contributed by atoms with E-state index in [1.165, 1.54) is 83.5 Å². The maximum absolute atomic E-state index is 12.6. The highest BCUT2D eigenvalue weighted by Crippen LogP contribution is 2.14. The minimum absolute atomic E-state index is 0.0564. The van der Waals surface area contributed by atoms with Crippen molar-refractivity contribution in [3.8, 4) is 0 Å². The van der Waals surface area contributed by atoms with E-state index in [4.69, 9.17) is 10.5 Å². The van der Waals surface area contributed by atoms with Crippen molar-refractivity contribution in [2.45, 2.75) is 142 Å². The quantitative estimate of drug-likeness (QED) is 0.113. The molecule has 0 spiro atoms. The van der Waals surface area contributed by atoms with E-state index < -0.39 is 6.04 Å². The van der Waals surface area contributed by atoms with Crippen molar-refractivity contribution in [3.05, 3.63) is 35.9 Å². The average Bonchev–Trinajstić information content (AvgIpc) is 2.89. The van der Waals surface area contributed by atoms with Crippen LogP contribution in [0.1, 0.15) is 134 Å². The van der Waals surface area contributed by atoms with Gasteiger partial charge in [0.05, 0.1) is 0 Å². The second-order valence-corrected chi connectivity index (χ2v) is 10.2. The molecule has 0 saturated carbocycles. The number of benzene rings is 1. The van der Waals surface area contributed by atoms with E-state index in [-0.39, 0.29) is 18.5 Å². The number of hydrogen-bond acceptors (Lipinski definition) is 4. The van der Waals surface area contributed by atoms with Gasteiger partial charge in [-0.15, -0.1) is 0 Å². The van der Waals surface area contributed by atoms with Crippen molar-refractivity contribution in [2.24, 2.45) is 5.73 Å².